The molecule has 0 radical (unpaired) electrons. The Morgan fingerprint density at radius 3 is 2.55 bits per heavy atom. The molecule has 3 rings (SSSR count). The Morgan fingerprint density at radius 2 is 1.91 bits per heavy atom. The van der Waals surface area contributed by atoms with Crippen LogP contribution in [0.15, 0.2) is 30.3 Å². The van der Waals surface area contributed by atoms with Crippen molar-refractivity contribution in [1.29, 1.82) is 0 Å². The third-order valence-electron chi connectivity index (χ3n) is 4.57. The van der Waals surface area contributed by atoms with Gasteiger partial charge >= 0.3 is 6.09 Å². The summed E-state index contributed by atoms with van der Waals surface area (Å²) >= 11 is 0. The molecule has 2 aliphatic rings. The quantitative estimate of drug-likeness (QED) is 0.926. The molecule has 2 heterocycles. The van der Waals surface area contributed by atoms with Crippen LogP contribution in [0.5, 0.6) is 0 Å². The summed E-state index contributed by atoms with van der Waals surface area (Å²) in [5.74, 6) is 0.474. The van der Waals surface area contributed by atoms with Crippen molar-refractivity contribution in [2.45, 2.75) is 38.0 Å². The van der Waals surface area contributed by atoms with Crippen molar-refractivity contribution in [3.63, 3.8) is 0 Å². The second-order valence-electron chi connectivity index (χ2n) is 6.14. The Bertz CT molecular complexity index is 479. The first-order valence-electron chi connectivity index (χ1n) is 7.95. The first-order chi connectivity index (χ1) is 10.8. The fourth-order valence-corrected chi connectivity index (χ4v) is 3.54. The van der Waals surface area contributed by atoms with E-state index in [4.69, 9.17) is 14.6 Å². The van der Waals surface area contributed by atoms with Gasteiger partial charge in [0.2, 0.25) is 0 Å². The number of carbonyl (C=O) groups excluding carboxylic acids is 1. The molecule has 1 N–H and O–H groups in total. The van der Waals surface area contributed by atoms with E-state index in [2.05, 4.69) is 0 Å². The molecule has 1 aromatic rings. The second-order valence-corrected chi connectivity index (χ2v) is 6.14. The summed E-state index contributed by atoms with van der Waals surface area (Å²) in [6, 6.07) is 9.87. The Morgan fingerprint density at radius 1 is 1.23 bits per heavy atom. The summed E-state index contributed by atoms with van der Waals surface area (Å²) in [5, 5.41) is 9.13. The lowest BCUT2D eigenvalue weighted by Crippen LogP contribution is -2.59. The summed E-state index contributed by atoms with van der Waals surface area (Å²) in [6.07, 6.45) is 2.33. The molecule has 2 atom stereocenters. The lowest BCUT2D eigenvalue weighted by atomic mass is 9.83. The molecule has 2 saturated heterocycles. The number of benzene rings is 1. The normalized spacial score (nSPS) is 27.5. The Kier molecular flexibility index (Phi) is 4.95. The first kappa shape index (κ1) is 15.3. The van der Waals surface area contributed by atoms with E-state index < -0.39 is 0 Å². The summed E-state index contributed by atoms with van der Waals surface area (Å²) in [7, 11) is 0. The maximum atomic E-state index is 12.4. The van der Waals surface area contributed by atoms with Gasteiger partial charge in [0.05, 0.1) is 25.3 Å². The van der Waals surface area contributed by atoms with Crippen LogP contribution in [0.4, 0.5) is 4.79 Å². The number of ether oxygens (including phenoxy) is 2. The Hall–Kier alpha value is -1.59. The average Bonchev–Trinajstić information content (AvgIpc) is 2.53. The molecule has 0 saturated carbocycles. The number of aliphatic hydroxyl groups is 1. The molecule has 2 bridgehead atoms. The molecule has 120 valence electrons. The van der Waals surface area contributed by atoms with Gasteiger partial charge in [0.1, 0.15) is 6.61 Å². The van der Waals surface area contributed by atoms with Gasteiger partial charge in [-0.3, -0.25) is 4.90 Å². The molecule has 22 heavy (non-hydrogen) atoms. The molecule has 0 spiro atoms. The first-order valence-corrected chi connectivity index (χ1v) is 7.95. The lowest BCUT2D eigenvalue weighted by Gasteiger charge is -2.47. The van der Waals surface area contributed by atoms with Crippen molar-refractivity contribution < 1.29 is 19.4 Å². The highest BCUT2D eigenvalue weighted by molar-refractivity contribution is 5.69. The predicted octanol–water partition coefficient (Wildman–Crippen LogP) is 2.19. The van der Waals surface area contributed by atoms with Crippen molar-refractivity contribution in [3.8, 4) is 0 Å². The number of piperidine rings is 1. The van der Waals surface area contributed by atoms with Gasteiger partial charge < -0.3 is 14.6 Å². The van der Waals surface area contributed by atoms with E-state index in [1.807, 2.05) is 35.2 Å². The largest absolute Gasteiger partial charge is 0.445 e. The van der Waals surface area contributed by atoms with E-state index in [0.29, 0.717) is 25.7 Å². The molecule has 2 unspecified atom stereocenters. The minimum Gasteiger partial charge on any atom is -0.445 e. The molecule has 1 aromatic carbocycles. The van der Waals surface area contributed by atoms with E-state index in [1.54, 1.807) is 0 Å². The van der Waals surface area contributed by atoms with Gasteiger partial charge in [-0.25, -0.2) is 4.79 Å². The smallest absolute Gasteiger partial charge is 0.410 e. The van der Waals surface area contributed by atoms with E-state index in [-0.39, 0.29) is 24.8 Å². The summed E-state index contributed by atoms with van der Waals surface area (Å²) < 4.78 is 11.1. The van der Waals surface area contributed by atoms with Crippen LogP contribution >= 0.6 is 0 Å². The van der Waals surface area contributed by atoms with Crippen molar-refractivity contribution in [2.24, 2.45) is 5.92 Å². The van der Waals surface area contributed by atoms with Crippen molar-refractivity contribution in [1.82, 2.24) is 4.90 Å². The number of nitrogens with zero attached hydrogens (tertiary/aromatic N) is 1. The van der Waals surface area contributed by atoms with Gasteiger partial charge in [-0.15, -0.1) is 0 Å². The zero-order chi connectivity index (χ0) is 15.4. The number of carbonyl (C=O) groups is 1. The highest BCUT2D eigenvalue weighted by atomic mass is 16.6. The minimum absolute atomic E-state index is 0.0762. The SMILES string of the molecule is O=C(OCc1ccccc1)N1C2COCC1CC(CCO)C2. The molecular weight excluding hydrogens is 282 g/mol. The summed E-state index contributed by atoms with van der Waals surface area (Å²) in [4.78, 5) is 14.3. The van der Waals surface area contributed by atoms with Gasteiger partial charge in [0, 0.05) is 6.61 Å². The van der Waals surface area contributed by atoms with E-state index >= 15 is 0 Å². The van der Waals surface area contributed by atoms with E-state index in [9.17, 15) is 4.79 Å². The molecular formula is C17H23NO4. The topological polar surface area (TPSA) is 59.0 Å². The number of morpholine rings is 1. The Balaban J connectivity index is 1.60. The van der Waals surface area contributed by atoms with Crippen LogP contribution in [0.1, 0.15) is 24.8 Å². The number of hydrogen-bond acceptors (Lipinski definition) is 4. The van der Waals surface area contributed by atoms with Crippen LogP contribution in [0.3, 0.4) is 0 Å². The molecule has 1 amide bonds. The maximum Gasteiger partial charge on any atom is 0.410 e. The standard InChI is InChI=1S/C17H23NO4/c19-7-6-14-8-15-11-21-12-16(9-14)18(15)17(20)22-10-13-4-2-1-3-5-13/h1-5,14-16,19H,6-12H2. The van der Waals surface area contributed by atoms with Gasteiger partial charge in [-0.1, -0.05) is 30.3 Å². The van der Waals surface area contributed by atoms with Crippen LogP contribution in [0.25, 0.3) is 0 Å². The van der Waals surface area contributed by atoms with E-state index in [0.717, 1.165) is 24.8 Å². The number of hydrogen-bond donors (Lipinski definition) is 1. The predicted molar refractivity (Wildman–Crippen MR) is 81.3 cm³/mol. The molecule has 2 fully saturated rings. The molecule has 0 aliphatic carbocycles. The molecule has 2 aliphatic heterocycles. The third kappa shape index (κ3) is 3.42. The second kappa shape index (κ2) is 7.11. The number of aliphatic hydroxyl groups excluding tert-OH is 1. The fraction of sp³-hybridized carbons (Fsp3) is 0.588. The highest BCUT2D eigenvalue weighted by Gasteiger charge is 2.42. The van der Waals surface area contributed by atoms with Gasteiger partial charge in [-0.05, 0) is 30.7 Å². The third-order valence-corrected chi connectivity index (χ3v) is 4.57. The van der Waals surface area contributed by atoms with Gasteiger partial charge in [0.15, 0.2) is 0 Å². The van der Waals surface area contributed by atoms with Crippen LogP contribution in [0.2, 0.25) is 0 Å². The zero-order valence-corrected chi connectivity index (χ0v) is 12.7. The monoisotopic (exact) mass is 305 g/mol. The minimum atomic E-state index is -0.246. The lowest BCUT2D eigenvalue weighted by molar-refractivity contribution is -0.0813. The van der Waals surface area contributed by atoms with Crippen LogP contribution in [-0.4, -0.2) is 48.0 Å². The number of fused-ring (bicyclic) bond motifs is 2. The molecule has 5 heteroatoms. The fourth-order valence-electron chi connectivity index (χ4n) is 3.54. The number of amides is 1. The maximum absolute atomic E-state index is 12.4. The van der Waals surface area contributed by atoms with Crippen molar-refractivity contribution in [2.75, 3.05) is 19.8 Å². The van der Waals surface area contributed by atoms with Crippen LogP contribution in [0, 0.1) is 5.92 Å². The van der Waals surface area contributed by atoms with Crippen molar-refractivity contribution in [3.05, 3.63) is 35.9 Å². The highest BCUT2D eigenvalue weighted by Crippen LogP contribution is 2.33. The zero-order valence-electron chi connectivity index (χ0n) is 12.7. The van der Waals surface area contributed by atoms with Gasteiger partial charge in [-0.2, -0.15) is 0 Å². The molecule has 0 aromatic heterocycles. The van der Waals surface area contributed by atoms with Crippen LogP contribution in [-0.2, 0) is 16.1 Å². The number of rotatable bonds is 4. The van der Waals surface area contributed by atoms with Crippen LogP contribution < -0.4 is 0 Å². The van der Waals surface area contributed by atoms with Crippen molar-refractivity contribution >= 4 is 6.09 Å². The van der Waals surface area contributed by atoms with E-state index in [1.165, 1.54) is 0 Å². The Labute approximate surface area is 130 Å². The average molecular weight is 305 g/mol. The van der Waals surface area contributed by atoms with Gasteiger partial charge in [0.25, 0.3) is 0 Å². The molecule has 5 nitrogen and oxygen atoms in total. The summed E-state index contributed by atoms with van der Waals surface area (Å²) in [6.45, 7) is 1.65. The summed E-state index contributed by atoms with van der Waals surface area (Å²) in [5.41, 5.74) is 0.993.